The van der Waals surface area contributed by atoms with E-state index in [1.165, 1.54) is 5.56 Å². The van der Waals surface area contributed by atoms with Crippen LogP contribution in [0.25, 0.3) is 11.0 Å². The number of aromatic amines is 1. The van der Waals surface area contributed by atoms with Crippen LogP contribution in [-0.2, 0) is 5.75 Å². The van der Waals surface area contributed by atoms with Gasteiger partial charge in [0.25, 0.3) is 0 Å². The normalized spacial score (nSPS) is 10.9. The molecule has 3 nitrogen and oxygen atoms in total. The van der Waals surface area contributed by atoms with Gasteiger partial charge in [-0.1, -0.05) is 23.7 Å². The summed E-state index contributed by atoms with van der Waals surface area (Å²) in [4.78, 5) is 11.6. The Bertz CT molecular complexity index is 663. The van der Waals surface area contributed by atoms with Crippen molar-refractivity contribution in [3.05, 3.63) is 53.4 Å². The Balaban J connectivity index is 1.80. The molecule has 0 aliphatic heterocycles. The first kappa shape index (κ1) is 11.6. The highest BCUT2D eigenvalue weighted by Gasteiger charge is 2.05. The van der Waals surface area contributed by atoms with Gasteiger partial charge in [0.15, 0.2) is 0 Å². The lowest BCUT2D eigenvalue weighted by atomic mass is 10.2. The van der Waals surface area contributed by atoms with E-state index in [1.807, 2.05) is 36.5 Å². The molecule has 0 saturated carbocycles. The Labute approximate surface area is 114 Å². The number of rotatable bonds is 3. The number of fused-ring (bicyclic) bond motifs is 1. The predicted molar refractivity (Wildman–Crippen MR) is 74.9 cm³/mol. The summed E-state index contributed by atoms with van der Waals surface area (Å²) in [6.45, 7) is 0. The number of nitrogens with zero attached hydrogens (tertiary/aromatic N) is 2. The van der Waals surface area contributed by atoms with Gasteiger partial charge < -0.3 is 4.98 Å². The molecule has 0 fully saturated rings. The molecule has 2 aromatic heterocycles. The summed E-state index contributed by atoms with van der Waals surface area (Å²) < 4.78 is 0. The van der Waals surface area contributed by atoms with Crippen LogP contribution in [-0.4, -0.2) is 15.0 Å². The topological polar surface area (TPSA) is 41.6 Å². The fourth-order valence-corrected chi connectivity index (χ4v) is 2.76. The molecule has 0 radical (unpaired) electrons. The number of thioether (sulfide) groups is 1. The highest BCUT2D eigenvalue weighted by molar-refractivity contribution is 7.98. The third kappa shape index (κ3) is 2.35. The van der Waals surface area contributed by atoms with Crippen LogP contribution in [0.15, 0.2) is 47.9 Å². The van der Waals surface area contributed by atoms with Gasteiger partial charge in [0, 0.05) is 17.0 Å². The highest BCUT2D eigenvalue weighted by atomic mass is 35.5. The number of hydrogen-bond donors (Lipinski definition) is 1. The van der Waals surface area contributed by atoms with Crippen molar-refractivity contribution in [1.82, 2.24) is 15.0 Å². The Kier molecular flexibility index (Phi) is 3.21. The van der Waals surface area contributed by atoms with Crippen molar-refractivity contribution in [2.24, 2.45) is 0 Å². The zero-order valence-corrected chi connectivity index (χ0v) is 11.0. The Morgan fingerprint density at radius 3 is 2.78 bits per heavy atom. The third-order valence-electron chi connectivity index (χ3n) is 2.61. The van der Waals surface area contributed by atoms with Crippen LogP contribution in [0.4, 0.5) is 0 Å². The maximum absolute atomic E-state index is 5.86. The Morgan fingerprint density at radius 2 is 1.94 bits per heavy atom. The van der Waals surface area contributed by atoms with Crippen LogP contribution in [0, 0.1) is 0 Å². The molecule has 3 rings (SSSR count). The fourth-order valence-electron chi connectivity index (χ4n) is 1.70. The SMILES string of the molecule is Clc1ccc(CSc2ncnc3[nH]ccc23)cc1. The van der Waals surface area contributed by atoms with Crippen LogP contribution in [0.5, 0.6) is 0 Å². The van der Waals surface area contributed by atoms with Gasteiger partial charge in [0.1, 0.15) is 17.0 Å². The Hall–Kier alpha value is -1.52. The van der Waals surface area contributed by atoms with Crippen molar-refractivity contribution in [1.29, 1.82) is 0 Å². The minimum Gasteiger partial charge on any atom is -0.346 e. The first-order valence-electron chi connectivity index (χ1n) is 5.48. The molecule has 3 aromatic rings. The summed E-state index contributed by atoms with van der Waals surface area (Å²) in [5, 5.41) is 2.83. The number of halogens is 1. The second-order valence-electron chi connectivity index (χ2n) is 3.83. The molecule has 0 spiro atoms. The molecule has 0 aliphatic rings. The molecule has 18 heavy (non-hydrogen) atoms. The van der Waals surface area contributed by atoms with Crippen molar-refractivity contribution >= 4 is 34.4 Å². The molecule has 0 unspecified atom stereocenters. The monoisotopic (exact) mass is 275 g/mol. The number of benzene rings is 1. The van der Waals surface area contributed by atoms with E-state index < -0.39 is 0 Å². The average molecular weight is 276 g/mol. The van der Waals surface area contributed by atoms with Crippen molar-refractivity contribution in [2.45, 2.75) is 10.8 Å². The van der Waals surface area contributed by atoms with Gasteiger partial charge in [-0.2, -0.15) is 0 Å². The standard InChI is InChI=1S/C13H10ClN3S/c14-10-3-1-9(2-4-10)7-18-13-11-5-6-15-12(11)16-8-17-13/h1-6,8H,7H2,(H,15,16,17). The van der Waals surface area contributed by atoms with Gasteiger partial charge in [-0.15, -0.1) is 11.8 Å². The summed E-state index contributed by atoms with van der Waals surface area (Å²) >= 11 is 7.56. The molecule has 1 N–H and O–H groups in total. The van der Waals surface area contributed by atoms with Crippen LogP contribution in [0.1, 0.15) is 5.56 Å². The number of aromatic nitrogens is 3. The van der Waals surface area contributed by atoms with Gasteiger partial charge in [0.05, 0.1) is 5.39 Å². The maximum Gasteiger partial charge on any atom is 0.141 e. The van der Waals surface area contributed by atoms with Gasteiger partial charge in [0.2, 0.25) is 0 Å². The quantitative estimate of drug-likeness (QED) is 0.582. The van der Waals surface area contributed by atoms with E-state index in [-0.39, 0.29) is 0 Å². The molecule has 1 aromatic carbocycles. The molecule has 2 heterocycles. The van der Waals surface area contributed by atoms with E-state index in [9.17, 15) is 0 Å². The van der Waals surface area contributed by atoms with Crippen molar-refractivity contribution < 1.29 is 0 Å². The lowest BCUT2D eigenvalue weighted by Crippen LogP contribution is -1.86. The molecule has 0 bridgehead atoms. The summed E-state index contributed by atoms with van der Waals surface area (Å²) in [5.41, 5.74) is 2.11. The van der Waals surface area contributed by atoms with E-state index >= 15 is 0 Å². The van der Waals surface area contributed by atoms with Crippen LogP contribution < -0.4 is 0 Å². The maximum atomic E-state index is 5.86. The molecule has 90 valence electrons. The van der Waals surface area contributed by atoms with Crippen molar-refractivity contribution in [3.63, 3.8) is 0 Å². The second kappa shape index (κ2) is 5.00. The van der Waals surface area contributed by atoms with E-state index in [0.717, 1.165) is 26.8 Å². The largest absolute Gasteiger partial charge is 0.346 e. The van der Waals surface area contributed by atoms with E-state index in [0.29, 0.717) is 0 Å². The molecule has 0 aliphatic carbocycles. The van der Waals surface area contributed by atoms with Crippen LogP contribution in [0.3, 0.4) is 0 Å². The zero-order chi connectivity index (χ0) is 12.4. The predicted octanol–water partition coefficient (Wildman–Crippen LogP) is 3.90. The average Bonchev–Trinajstić information content (AvgIpc) is 2.87. The van der Waals surface area contributed by atoms with E-state index in [1.54, 1.807) is 18.1 Å². The smallest absolute Gasteiger partial charge is 0.141 e. The summed E-state index contributed by atoms with van der Waals surface area (Å²) in [6.07, 6.45) is 3.47. The van der Waals surface area contributed by atoms with Crippen LogP contribution >= 0.6 is 23.4 Å². The minimum atomic E-state index is 0.763. The number of nitrogens with one attached hydrogen (secondary N) is 1. The van der Waals surface area contributed by atoms with Gasteiger partial charge >= 0.3 is 0 Å². The number of H-pyrrole nitrogens is 1. The fraction of sp³-hybridized carbons (Fsp3) is 0.0769. The Morgan fingerprint density at radius 1 is 1.11 bits per heavy atom. The summed E-state index contributed by atoms with van der Waals surface area (Å²) in [5.74, 6) is 0.870. The molecular weight excluding hydrogens is 266 g/mol. The lowest BCUT2D eigenvalue weighted by Gasteiger charge is -2.02. The summed E-state index contributed by atoms with van der Waals surface area (Å²) in [6, 6.07) is 9.88. The van der Waals surface area contributed by atoms with Gasteiger partial charge in [-0.3, -0.25) is 0 Å². The number of hydrogen-bond acceptors (Lipinski definition) is 3. The second-order valence-corrected chi connectivity index (χ2v) is 5.23. The van der Waals surface area contributed by atoms with E-state index in [4.69, 9.17) is 11.6 Å². The molecule has 0 saturated heterocycles. The van der Waals surface area contributed by atoms with Crippen molar-refractivity contribution in [3.8, 4) is 0 Å². The van der Waals surface area contributed by atoms with E-state index in [2.05, 4.69) is 15.0 Å². The van der Waals surface area contributed by atoms with Gasteiger partial charge in [-0.25, -0.2) is 9.97 Å². The molecule has 0 amide bonds. The molecular formula is C13H10ClN3S. The van der Waals surface area contributed by atoms with Crippen LogP contribution in [0.2, 0.25) is 5.02 Å². The minimum absolute atomic E-state index is 0.763. The molecule has 5 heteroatoms. The van der Waals surface area contributed by atoms with Gasteiger partial charge in [-0.05, 0) is 23.8 Å². The first-order valence-corrected chi connectivity index (χ1v) is 6.84. The van der Waals surface area contributed by atoms with Crippen molar-refractivity contribution in [2.75, 3.05) is 0 Å². The lowest BCUT2D eigenvalue weighted by molar-refractivity contribution is 1.09. The third-order valence-corrected chi connectivity index (χ3v) is 3.93. The highest BCUT2D eigenvalue weighted by Crippen LogP contribution is 2.27. The zero-order valence-electron chi connectivity index (χ0n) is 9.43. The first-order chi connectivity index (χ1) is 8.83. The molecule has 0 atom stereocenters. The summed E-state index contributed by atoms with van der Waals surface area (Å²) in [7, 11) is 0.